The zero-order chi connectivity index (χ0) is 14.5. The predicted molar refractivity (Wildman–Crippen MR) is 79.1 cm³/mol. The monoisotopic (exact) mass is 270 g/mol. The van der Waals surface area contributed by atoms with E-state index in [9.17, 15) is 4.79 Å². The number of nitrogens with zero attached hydrogens (tertiary/aromatic N) is 1. The van der Waals surface area contributed by atoms with Crippen molar-refractivity contribution in [2.75, 3.05) is 5.43 Å². The van der Waals surface area contributed by atoms with Crippen LogP contribution in [-0.4, -0.2) is 10.9 Å². The van der Waals surface area contributed by atoms with Crippen LogP contribution in [0, 0.1) is 6.92 Å². The van der Waals surface area contributed by atoms with Crippen LogP contribution >= 0.6 is 0 Å². The van der Waals surface area contributed by atoms with Crippen LogP contribution < -0.4 is 16.6 Å². The van der Waals surface area contributed by atoms with Gasteiger partial charge in [0, 0.05) is 6.20 Å². The largest absolute Gasteiger partial charge is 0.345 e. The minimum Gasteiger partial charge on any atom is -0.345 e. The number of rotatable bonds is 4. The number of aromatic nitrogens is 1. The number of amides is 1. The third-order valence-corrected chi connectivity index (χ3v) is 3.18. The molecule has 5 heteroatoms. The third-order valence-electron chi connectivity index (χ3n) is 3.18. The summed E-state index contributed by atoms with van der Waals surface area (Å²) >= 11 is 0. The maximum Gasteiger partial charge on any atom is 0.253 e. The molecule has 0 saturated carbocycles. The van der Waals surface area contributed by atoms with Gasteiger partial charge in [0.05, 0.1) is 11.6 Å². The van der Waals surface area contributed by atoms with Crippen LogP contribution in [0.4, 0.5) is 5.82 Å². The Morgan fingerprint density at radius 2 is 2.00 bits per heavy atom. The number of hydrogen-bond donors (Lipinski definition) is 3. The lowest BCUT2D eigenvalue weighted by Gasteiger charge is -2.16. The molecule has 0 radical (unpaired) electrons. The van der Waals surface area contributed by atoms with E-state index >= 15 is 0 Å². The van der Waals surface area contributed by atoms with E-state index in [-0.39, 0.29) is 11.9 Å². The topological polar surface area (TPSA) is 80.0 Å². The van der Waals surface area contributed by atoms with Crippen molar-refractivity contribution in [3.8, 4) is 0 Å². The Morgan fingerprint density at radius 1 is 1.25 bits per heavy atom. The van der Waals surface area contributed by atoms with Crippen LogP contribution in [0.2, 0.25) is 0 Å². The lowest BCUT2D eigenvalue weighted by atomic mass is 10.0. The molecule has 0 bridgehead atoms. The van der Waals surface area contributed by atoms with Crippen LogP contribution in [0.5, 0.6) is 0 Å². The molecule has 0 aliphatic heterocycles. The van der Waals surface area contributed by atoms with Gasteiger partial charge < -0.3 is 10.7 Å². The fourth-order valence-corrected chi connectivity index (χ4v) is 2.04. The number of hydrazine groups is 1. The van der Waals surface area contributed by atoms with Crippen molar-refractivity contribution in [3.05, 3.63) is 59.3 Å². The van der Waals surface area contributed by atoms with Gasteiger partial charge in [0.2, 0.25) is 0 Å². The highest BCUT2D eigenvalue weighted by Crippen LogP contribution is 2.17. The SMILES string of the molecule is Cc1ccccc1C(C)NC(=O)c1ccc(NN)nc1. The summed E-state index contributed by atoms with van der Waals surface area (Å²) in [4.78, 5) is 16.2. The lowest BCUT2D eigenvalue weighted by molar-refractivity contribution is 0.0939. The zero-order valence-electron chi connectivity index (χ0n) is 11.6. The molecule has 0 saturated heterocycles. The van der Waals surface area contributed by atoms with Crippen molar-refractivity contribution in [1.82, 2.24) is 10.3 Å². The molecule has 0 spiro atoms. The van der Waals surface area contributed by atoms with E-state index < -0.39 is 0 Å². The number of nitrogens with one attached hydrogen (secondary N) is 2. The van der Waals surface area contributed by atoms with Crippen molar-refractivity contribution in [2.45, 2.75) is 19.9 Å². The fourth-order valence-electron chi connectivity index (χ4n) is 2.04. The van der Waals surface area contributed by atoms with Gasteiger partial charge in [-0.2, -0.15) is 0 Å². The highest BCUT2D eigenvalue weighted by Gasteiger charge is 2.13. The first-order chi connectivity index (χ1) is 9.61. The fraction of sp³-hybridized carbons (Fsp3) is 0.200. The smallest absolute Gasteiger partial charge is 0.253 e. The Balaban J connectivity index is 2.09. The molecular formula is C15H18N4O. The van der Waals surface area contributed by atoms with Crippen molar-refractivity contribution in [1.29, 1.82) is 0 Å². The second kappa shape index (κ2) is 6.16. The summed E-state index contributed by atoms with van der Waals surface area (Å²) in [5.74, 6) is 5.60. The van der Waals surface area contributed by atoms with Gasteiger partial charge in [-0.1, -0.05) is 24.3 Å². The van der Waals surface area contributed by atoms with Crippen molar-refractivity contribution >= 4 is 11.7 Å². The number of carbonyl (C=O) groups excluding carboxylic acids is 1. The summed E-state index contributed by atoms with van der Waals surface area (Å²) in [5.41, 5.74) is 5.19. The summed E-state index contributed by atoms with van der Waals surface area (Å²) in [5, 5.41) is 2.96. The summed E-state index contributed by atoms with van der Waals surface area (Å²) in [6, 6.07) is 11.3. The lowest BCUT2D eigenvalue weighted by Crippen LogP contribution is -2.27. The number of aryl methyl sites for hydroxylation is 1. The molecule has 4 N–H and O–H groups in total. The van der Waals surface area contributed by atoms with Crippen LogP contribution in [0.3, 0.4) is 0 Å². The van der Waals surface area contributed by atoms with Crippen LogP contribution in [0.25, 0.3) is 0 Å². The number of hydrogen-bond acceptors (Lipinski definition) is 4. The van der Waals surface area contributed by atoms with Gasteiger partial charge in [-0.05, 0) is 37.1 Å². The predicted octanol–water partition coefficient (Wildman–Crippen LogP) is 2.17. The highest BCUT2D eigenvalue weighted by atomic mass is 16.1. The first-order valence-corrected chi connectivity index (χ1v) is 6.41. The summed E-state index contributed by atoms with van der Waals surface area (Å²) in [6.45, 7) is 3.99. The summed E-state index contributed by atoms with van der Waals surface area (Å²) in [7, 11) is 0. The van der Waals surface area contributed by atoms with Gasteiger partial charge in [0.1, 0.15) is 5.82 Å². The summed E-state index contributed by atoms with van der Waals surface area (Å²) in [6.07, 6.45) is 1.50. The third kappa shape index (κ3) is 3.13. The quantitative estimate of drug-likeness (QED) is 0.587. The highest BCUT2D eigenvalue weighted by molar-refractivity contribution is 5.94. The molecule has 0 aliphatic rings. The Labute approximate surface area is 118 Å². The van der Waals surface area contributed by atoms with E-state index in [0.29, 0.717) is 11.4 Å². The maximum absolute atomic E-state index is 12.1. The number of pyridine rings is 1. The average molecular weight is 270 g/mol. The molecule has 0 fully saturated rings. The van der Waals surface area contributed by atoms with Crippen molar-refractivity contribution in [3.63, 3.8) is 0 Å². The number of carbonyl (C=O) groups is 1. The van der Waals surface area contributed by atoms with Gasteiger partial charge in [-0.25, -0.2) is 10.8 Å². The first-order valence-electron chi connectivity index (χ1n) is 6.41. The van der Waals surface area contributed by atoms with E-state index in [1.165, 1.54) is 6.20 Å². The summed E-state index contributed by atoms with van der Waals surface area (Å²) < 4.78 is 0. The minimum atomic E-state index is -0.156. The molecule has 1 atom stereocenters. The molecule has 1 aromatic heterocycles. The Bertz CT molecular complexity index is 595. The molecular weight excluding hydrogens is 252 g/mol. The molecule has 1 amide bonds. The Morgan fingerprint density at radius 3 is 2.60 bits per heavy atom. The van der Waals surface area contributed by atoms with Crippen molar-refractivity contribution < 1.29 is 4.79 Å². The van der Waals surface area contributed by atoms with Gasteiger partial charge in [0.15, 0.2) is 0 Å². The molecule has 1 aromatic carbocycles. The van der Waals surface area contributed by atoms with E-state index in [0.717, 1.165) is 11.1 Å². The molecule has 20 heavy (non-hydrogen) atoms. The van der Waals surface area contributed by atoms with E-state index in [2.05, 4.69) is 15.7 Å². The van der Waals surface area contributed by atoms with Gasteiger partial charge >= 0.3 is 0 Å². The number of benzene rings is 1. The molecule has 5 nitrogen and oxygen atoms in total. The Hall–Kier alpha value is -2.40. The minimum absolute atomic E-state index is 0.0592. The normalized spacial score (nSPS) is 11.8. The van der Waals surface area contributed by atoms with Gasteiger partial charge in [0.25, 0.3) is 5.91 Å². The maximum atomic E-state index is 12.1. The second-order valence-corrected chi connectivity index (χ2v) is 4.63. The molecule has 104 valence electrons. The average Bonchev–Trinajstić information content (AvgIpc) is 2.47. The van der Waals surface area contributed by atoms with Gasteiger partial charge in [-0.15, -0.1) is 0 Å². The first kappa shape index (κ1) is 14.0. The van der Waals surface area contributed by atoms with Crippen LogP contribution in [0.15, 0.2) is 42.6 Å². The Kier molecular flexibility index (Phi) is 4.32. The van der Waals surface area contributed by atoms with E-state index in [1.54, 1.807) is 12.1 Å². The second-order valence-electron chi connectivity index (χ2n) is 4.63. The number of nitrogen functional groups attached to an aromatic ring is 1. The van der Waals surface area contributed by atoms with Gasteiger partial charge in [-0.3, -0.25) is 4.79 Å². The number of anilines is 1. The standard InChI is InChI=1S/C15H18N4O/c1-10-5-3-4-6-13(10)11(2)18-15(20)12-7-8-14(19-16)17-9-12/h3-9,11H,16H2,1-2H3,(H,17,19)(H,18,20). The molecule has 1 heterocycles. The van der Waals surface area contributed by atoms with Crippen LogP contribution in [0.1, 0.15) is 34.5 Å². The van der Waals surface area contributed by atoms with Crippen LogP contribution in [-0.2, 0) is 0 Å². The molecule has 2 rings (SSSR count). The van der Waals surface area contributed by atoms with Crippen molar-refractivity contribution in [2.24, 2.45) is 5.84 Å². The van der Waals surface area contributed by atoms with E-state index in [1.807, 2.05) is 38.1 Å². The zero-order valence-corrected chi connectivity index (χ0v) is 11.6. The molecule has 2 aromatic rings. The molecule has 1 unspecified atom stereocenters. The molecule has 0 aliphatic carbocycles. The number of nitrogens with two attached hydrogens (primary N) is 1. The van der Waals surface area contributed by atoms with E-state index in [4.69, 9.17) is 5.84 Å².